The third-order valence-corrected chi connectivity index (χ3v) is 3.93. The maximum Gasteiger partial charge on any atom is 0.231 e. The molecule has 1 aromatic carbocycles. The van der Waals surface area contributed by atoms with E-state index < -0.39 is 22.1 Å². The lowest BCUT2D eigenvalue weighted by molar-refractivity contribution is -0.122. The number of rotatable bonds is 4. The van der Waals surface area contributed by atoms with Crippen molar-refractivity contribution >= 4 is 22.4 Å². The van der Waals surface area contributed by atoms with Gasteiger partial charge < -0.3 is 9.84 Å². The Labute approximate surface area is 101 Å². The highest BCUT2D eigenvalue weighted by Crippen LogP contribution is 2.30. The molecule has 0 radical (unpaired) electrons. The van der Waals surface area contributed by atoms with E-state index in [-0.39, 0.29) is 12.3 Å². The number of aliphatic hydroxyl groups is 1. The monoisotopic (exact) mass is 255 g/mol. The molecule has 5 nitrogen and oxygen atoms in total. The van der Waals surface area contributed by atoms with Crippen molar-refractivity contribution in [2.45, 2.75) is 11.8 Å². The Kier molecular flexibility index (Phi) is 3.44. The van der Waals surface area contributed by atoms with Crippen molar-refractivity contribution in [1.29, 1.82) is 0 Å². The summed E-state index contributed by atoms with van der Waals surface area (Å²) in [5.74, 6) is 0.188. The lowest BCUT2D eigenvalue weighted by Crippen LogP contribution is -2.55. The van der Waals surface area contributed by atoms with Crippen LogP contribution in [-0.2, 0) is 15.6 Å². The van der Waals surface area contributed by atoms with Gasteiger partial charge in [0.1, 0.15) is 17.1 Å². The van der Waals surface area contributed by atoms with Crippen LogP contribution in [0.25, 0.3) is 0 Å². The number of carbonyl (C=O) groups is 1. The Morgan fingerprint density at radius 3 is 2.59 bits per heavy atom. The number of ether oxygens (including phenoxy) is 1. The Morgan fingerprint density at radius 2 is 2.12 bits per heavy atom. The number of benzene rings is 1. The summed E-state index contributed by atoms with van der Waals surface area (Å²) < 4.78 is 16.5. The van der Waals surface area contributed by atoms with Crippen molar-refractivity contribution in [1.82, 2.24) is 0 Å². The molecule has 1 aliphatic rings. The summed E-state index contributed by atoms with van der Waals surface area (Å²) in [6.07, 6.45) is 0.221. The molecule has 1 heterocycles. The minimum absolute atomic E-state index is 0.0815. The van der Waals surface area contributed by atoms with E-state index in [4.69, 9.17) is 9.84 Å². The van der Waals surface area contributed by atoms with Gasteiger partial charge >= 0.3 is 0 Å². The molecule has 0 aromatic heterocycles. The fourth-order valence-electron chi connectivity index (χ4n) is 1.74. The molecule has 0 saturated carbocycles. The SMILES string of the molecule is COc1ccc(N2C(=O)CC2S(=O)CO)cc1. The Bertz CT molecular complexity index is 445. The second-order valence-electron chi connectivity index (χ2n) is 3.63. The van der Waals surface area contributed by atoms with Crippen LogP contribution < -0.4 is 9.64 Å². The predicted molar refractivity (Wildman–Crippen MR) is 64.1 cm³/mol. The maximum absolute atomic E-state index is 11.5. The van der Waals surface area contributed by atoms with Crippen LogP contribution in [0.5, 0.6) is 5.75 Å². The van der Waals surface area contributed by atoms with Gasteiger partial charge in [0.05, 0.1) is 24.3 Å². The van der Waals surface area contributed by atoms with Gasteiger partial charge in [-0.25, -0.2) is 0 Å². The van der Waals surface area contributed by atoms with E-state index in [1.165, 1.54) is 4.90 Å². The van der Waals surface area contributed by atoms with Crippen LogP contribution in [-0.4, -0.2) is 33.6 Å². The second-order valence-corrected chi connectivity index (χ2v) is 5.19. The number of methoxy groups -OCH3 is 1. The van der Waals surface area contributed by atoms with Crippen LogP contribution in [0.15, 0.2) is 24.3 Å². The first-order valence-corrected chi connectivity index (χ1v) is 6.49. The molecular weight excluding hydrogens is 242 g/mol. The smallest absolute Gasteiger partial charge is 0.231 e. The van der Waals surface area contributed by atoms with Crippen LogP contribution in [0, 0.1) is 0 Å². The first-order valence-electron chi connectivity index (χ1n) is 5.11. The highest BCUT2D eigenvalue weighted by molar-refractivity contribution is 7.85. The molecule has 1 aromatic rings. The van der Waals surface area contributed by atoms with Gasteiger partial charge in [0.2, 0.25) is 5.91 Å². The topological polar surface area (TPSA) is 66.8 Å². The third kappa shape index (κ3) is 2.18. The van der Waals surface area contributed by atoms with Crippen molar-refractivity contribution in [3.8, 4) is 5.75 Å². The first-order chi connectivity index (χ1) is 8.17. The molecule has 2 rings (SSSR count). The van der Waals surface area contributed by atoms with Gasteiger partial charge in [-0.2, -0.15) is 0 Å². The molecule has 0 spiro atoms. The quantitative estimate of drug-likeness (QED) is 0.794. The van der Waals surface area contributed by atoms with Crippen molar-refractivity contribution in [2.24, 2.45) is 0 Å². The largest absolute Gasteiger partial charge is 0.497 e. The molecule has 0 aliphatic carbocycles. The second kappa shape index (κ2) is 4.85. The van der Waals surface area contributed by atoms with Gasteiger partial charge in [-0.3, -0.25) is 13.9 Å². The fourth-order valence-corrected chi connectivity index (χ4v) is 2.71. The van der Waals surface area contributed by atoms with Crippen LogP contribution in [0.4, 0.5) is 5.69 Å². The van der Waals surface area contributed by atoms with Crippen LogP contribution in [0.3, 0.4) is 0 Å². The van der Waals surface area contributed by atoms with Gasteiger partial charge in [0.25, 0.3) is 0 Å². The summed E-state index contributed by atoms with van der Waals surface area (Å²) in [5, 5.41) is 8.43. The average Bonchev–Trinajstić information content (AvgIpc) is 2.35. The molecular formula is C11H13NO4S. The zero-order valence-electron chi connectivity index (χ0n) is 9.33. The molecule has 2 atom stereocenters. The van der Waals surface area contributed by atoms with Crippen molar-refractivity contribution in [3.63, 3.8) is 0 Å². The highest BCUT2D eigenvalue weighted by Gasteiger charge is 2.40. The summed E-state index contributed by atoms with van der Waals surface area (Å²) in [4.78, 5) is 12.9. The van der Waals surface area contributed by atoms with Crippen LogP contribution >= 0.6 is 0 Å². The molecule has 92 valence electrons. The number of aliphatic hydroxyl groups excluding tert-OH is 1. The standard InChI is InChI=1S/C11H13NO4S/c1-16-9-4-2-8(3-5-9)12-10(14)6-11(12)17(15)7-13/h2-5,11,13H,6-7H2,1H3. The minimum Gasteiger partial charge on any atom is -0.497 e. The van der Waals surface area contributed by atoms with E-state index in [0.29, 0.717) is 11.4 Å². The van der Waals surface area contributed by atoms with Gasteiger partial charge in [0, 0.05) is 5.69 Å². The van der Waals surface area contributed by atoms with Crippen LogP contribution in [0.1, 0.15) is 6.42 Å². The molecule has 1 aliphatic heterocycles. The molecule has 1 fully saturated rings. The number of carbonyl (C=O) groups excluding carboxylic acids is 1. The molecule has 17 heavy (non-hydrogen) atoms. The summed E-state index contributed by atoms with van der Waals surface area (Å²) in [6.45, 7) is 0. The predicted octanol–water partition coefficient (Wildman–Crippen LogP) is 0.456. The van der Waals surface area contributed by atoms with Gasteiger partial charge in [-0.05, 0) is 24.3 Å². The molecule has 1 N–H and O–H groups in total. The average molecular weight is 255 g/mol. The van der Waals surface area contributed by atoms with Crippen molar-refractivity contribution in [3.05, 3.63) is 24.3 Å². The third-order valence-electron chi connectivity index (χ3n) is 2.69. The van der Waals surface area contributed by atoms with Crippen LogP contribution in [0.2, 0.25) is 0 Å². The summed E-state index contributed by atoms with van der Waals surface area (Å²) in [7, 11) is 0.149. The van der Waals surface area contributed by atoms with Crippen molar-refractivity contribution < 1.29 is 18.8 Å². The Morgan fingerprint density at radius 1 is 1.47 bits per heavy atom. The highest BCUT2D eigenvalue weighted by atomic mass is 32.2. The zero-order valence-corrected chi connectivity index (χ0v) is 10.1. The summed E-state index contributed by atoms with van der Waals surface area (Å²) in [6, 6.07) is 6.94. The van der Waals surface area contributed by atoms with E-state index >= 15 is 0 Å². The molecule has 1 amide bonds. The van der Waals surface area contributed by atoms with E-state index in [2.05, 4.69) is 0 Å². The summed E-state index contributed by atoms with van der Waals surface area (Å²) >= 11 is 0. The number of hydrogen-bond donors (Lipinski definition) is 1. The number of nitrogens with zero attached hydrogens (tertiary/aromatic N) is 1. The van der Waals surface area contributed by atoms with Gasteiger partial charge in [-0.15, -0.1) is 0 Å². The van der Waals surface area contributed by atoms with Gasteiger partial charge in [-0.1, -0.05) is 0 Å². The maximum atomic E-state index is 11.5. The van der Waals surface area contributed by atoms with E-state index in [1.54, 1.807) is 31.4 Å². The molecule has 1 saturated heterocycles. The number of β-lactam (4-membered cyclic amide) rings is 1. The molecule has 2 unspecified atom stereocenters. The minimum atomic E-state index is -1.41. The Balaban J connectivity index is 2.19. The lowest BCUT2D eigenvalue weighted by atomic mass is 10.1. The number of hydrogen-bond acceptors (Lipinski definition) is 4. The zero-order chi connectivity index (χ0) is 12.4. The van der Waals surface area contributed by atoms with Crippen molar-refractivity contribution in [2.75, 3.05) is 17.9 Å². The molecule has 6 heteroatoms. The number of anilines is 1. The van der Waals surface area contributed by atoms with E-state index in [0.717, 1.165) is 0 Å². The fraction of sp³-hybridized carbons (Fsp3) is 0.364. The number of amides is 1. The van der Waals surface area contributed by atoms with E-state index in [9.17, 15) is 9.00 Å². The normalized spacial score (nSPS) is 20.9. The van der Waals surface area contributed by atoms with E-state index in [1.807, 2.05) is 0 Å². The molecule has 0 bridgehead atoms. The Hall–Kier alpha value is -1.40. The van der Waals surface area contributed by atoms with Gasteiger partial charge in [0.15, 0.2) is 0 Å². The first kappa shape index (κ1) is 12.1. The summed E-state index contributed by atoms with van der Waals surface area (Å²) in [5.41, 5.74) is 0.675. The lowest BCUT2D eigenvalue weighted by Gasteiger charge is -2.39.